The first-order valence-corrected chi connectivity index (χ1v) is 17.9. The molecule has 0 atom stereocenters. The molecule has 0 saturated carbocycles. The number of nitrogens with zero attached hydrogens (tertiary/aromatic N) is 2. The molecule has 3 heteroatoms. The van der Waals surface area contributed by atoms with Crippen LogP contribution in [-0.2, 0) is 5.41 Å². The van der Waals surface area contributed by atoms with Crippen molar-refractivity contribution in [1.82, 2.24) is 9.55 Å². The Morgan fingerprint density at radius 3 is 1.72 bits per heavy atom. The second kappa shape index (κ2) is 11.5. The molecule has 2 aliphatic rings. The summed E-state index contributed by atoms with van der Waals surface area (Å²) in [6.45, 7) is 11.0. The SMILES string of the molecule is CC.CC(C)(C)c1cc2c3c(c1)ncn3-c1c3c(c(-c4ccccc4)c(-c4ccccc4)c1-c1ccccc1)-c1cccc4cccc(c14)B32. The van der Waals surface area contributed by atoms with Crippen molar-refractivity contribution in [2.45, 2.75) is 40.0 Å². The van der Waals surface area contributed by atoms with E-state index in [1.54, 1.807) is 0 Å². The van der Waals surface area contributed by atoms with Gasteiger partial charge in [0, 0.05) is 11.1 Å². The lowest BCUT2D eigenvalue weighted by Gasteiger charge is -2.38. The van der Waals surface area contributed by atoms with Crippen LogP contribution in [0.3, 0.4) is 0 Å². The van der Waals surface area contributed by atoms with Gasteiger partial charge in [-0.3, -0.25) is 4.57 Å². The van der Waals surface area contributed by atoms with Crippen LogP contribution >= 0.6 is 0 Å². The Morgan fingerprint density at radius 1 is 0.560 bits per heavy atom. The Hall–Kier alpha value is -5.67. The molecule has 0 aliphatic carbocycles. The smallest absolute Gasteiger partial charge is 0.248 e. The lowest BCUT2D eigenvalue weighted by atomic mass is 9.32. The lowest BCUT2D eigenvalue weighted by Crippen LogP contribution is -2.59. The molecule has 3 heterocycles. The van der Waals surface area contributed by atoms with Crippen molar-refractivity contribution in [1.29, 1.82) is 0 Å². The summed E-state index contributed by atoms with van der Waals surface area (Å²) in [5, 5.41) is 2.64. The molecule has 0 N–H and O–H groups in total. The van der Waals surface area contributed by atoms with E-state index in [1.807, 2.05) is 13.8 Å². The van der Waals surface area contributed by atoms with Crippen molar-refractivity contribution in [3.05, 3.63) is 151 Å². The fourth-order valence-corrected chi connectivity index (χ4v) is 8.54. The van der Waals surface area contributed by atoms with E-state index in [4.69, 9.17) is 4.98 Å². The Bertz CT molecular complexity index is 2570. The topological polar surface area (TPSA) is 17.8 Å². The van der Waals surface area contributed by atoms with E-state index >= 15 is 0 Å². The van der Waals surface area contributed by atoms with Crippen molar-refractivity contribution in [3.8, 4) is 50.2 Å². The highest BCUT2D eigenvalue weighted by molar-refractivity contribution is 7.01. The van der Waals surface area contributed by atoms with E-state index in [0.717, 1.165) is 5.52 Å². The van der Waals surface area contributed by atoms with Crippen LogP contribution in [-0.4, -0.2) is 16.3 Å². The molecule has 0 unspecified atom stereocenters. The predicted molar refractivity (Wildman–Crippen MR) is 215 cm³/mol. The third kappa shape index (κ3) is 4.32. The molecule has 2 aliphatic heterocycles. The zero-order valence-electron chi connectivity index (χ0n) is 29.3. The maximum Gasteiger partial charge on any atom is 0.248 e. The number of hydrogen-bond donors (Lipinski definition) is 0. The third-order valence-corrected chi connectivity index (χ3v) is 10.6. The predicted octanol–water partition coefficient (Wildman–Crippen LogP) is 10.3. The molecular weight excluding hydrogens is 603 g/mol. The summed E-state index contributed by atoms with van der Waals surface area (Å²) in [6.07, 6.45) is 2.08. The number of hydrogen-bond acceptors (Lipinski definition) is 1. The quantitative estimate of drug-likeness (QED) is 0.175. The second-order valence-electron chi connectivity index (χ2n) is 14.3. The minimum absolute atomic E-state index is 0.0161. The molecule has 8 aromatic rings. The van der Waals surface area contributed by atoms with Gasteiger partial charge in [0.1, 0.15) is 6.33 Å². The monoisotopic (exact) mass is 642 g/mol. The van der Waals surface area contributed by atoms with Crippen molar-refractivity contribution >= 4 is 44.9 Å². The van der Waals surface area contributed by atoms with Crippen molar-refractivity contribution in [2.24, 2.45) is 0 Å². The average Bonchev–Trinajstić information content (AvgIpc) is 3.60. The van der Waals surface area contributed by atoms with Crippen LogP contribution in [0.4, 0.5) is 0 Å². The summed E-state index contributed by atoms with van der Waals surface area (Å²) in [6, 6.07) is 51.6. The first-order valence-electron chi connectivity index (χ1n) is 17.9. The molecule has 0 spiro atoms. The van der Waals surface area contributed by atoms with Crippen LogP contribution in [0.5, 0.6) is 0 Å². The number of aromatic nitrogens is 2. The van der Waals surface area contributed by atoms with Crippen LogP contribution in [0, 0.1) is 0 Å². The molecule has 10 rings (SSSR count). The highest BCUT2D eigenvalue weighted by Crippen LogP contribution is 2.51. The van der Waals surface area contributed by atoms with Crippen LogP contribution in [0.15, 0.2) is 146 Å². The summed E-state index contributed by atoms with van der Waals surface area (Å²) in [5.74, 6) is 0. The summed E-state index contributed by atoms with van der Waals surface area (Å²) in [5.41, 5.74) is 19.0. The standard InChI is InChI=1S/C45H33BN2.C2H6/c1-45(2,3)32-25-35-43-36(26-32)47-27-48(43)44-40(31-19-11-6-12-20-31)38(29-15-7-4-8-16-29)39(30-17-9-5-10-18-30)41-33-23-13-21-28-22-14-24-34(37(28)33)46(35)42(41)44;1-2/h4-27H,1-3H3;1-2H3. The first-order chi connectivity index (χ1) is 24.5. The van der Waals surface area contributed by atoms with Gasteiger partial charge in [-0.1, -0.05) is 174 Å². The van der Waals surface area contributed by atoms with Crippen LogP contribution in [0.1, 0.15) is 40.2 Å². The van der Waals surface area contributed by atoms with Crippen LogP contribution in [0.25, 0.3) is 72.0 Å². The molecule has 0 bridgehead atoms. The summed E-state index contributed by atoms with van der Waals surface area (Å²) in [4.78, 5) is 5.16. The molecule has 1 aromatic heterocycles. The second-order valence-corrected chi connectivity index (χ2v) is 14.3. The van der Waals surface area contributed by atoms with Gasteiger partial charge < -0.3 is 0 Å². The minimum atomic E-state index is -0.0161. The Balaban J connectivity index is 0.00000165. The third-order valence-electron chi connectivity index (χ3n) is 10.6. The Kier molecular flexibility index (Phi) is 6.97. The fraction of sp³-hybridized carbons (Fsp3) is 0.128. The number of imidazole rings is 1. The van der Waals surface area contributed by atoms with Gasteiger partial charge in [0.05, 0.1) is 16.7 Å². The van der Waals surface area contributed by atoms with Gasteiger partial charge in [-0.15, -0.1) is 0 Å². The highest BCUT2D eigenvalue weighted by atomic mass is 15.1. The van der Waals surface area contributed by atoms with Crippen molar-refractivity contribution in [2.75, 3.05) is 0 Å². The largest absolute Gasteiger partial charge is 0.299 e. The van der Waals surface area contributed by atoms with Gasteiger partial charge in [-0.05, 0) is 72.1 Å². The minimum Gasteiger partial charge on any atom is -0.299 e. The summed E-state index contributed by atoms with van der Waals surface area (Å²) < 4.78 is 2.42. The molecule has 2 nitrogen and oxygen atoms in total. The maximum atomic E-state index is 5.16. The maximum absolute atomic E-state index is 5.16. The van der Waals surface area contributed by atoms with Gasteiger partial charge in [0.15, 0.2) is 0 Å². The molecule has 0 saturated heterocycles. The van der Waals surface area contributed by atoms with E-state index in [2.05, 4.69) is 171 Å². The first kappa shape index (κ1) is 30.4. The van der Waals surface area contributed by atoms with E-state index in [9.17, 15) is 0 Å². The van der Waals surface area contributed by atoms with Gasteiger partial charge in [0.2, 0.25) is 6.71 Å². The number of benzene rings is 7. The Morgan fingerprint density at radius 2 is 1.12 bits per heavy atom. The molecule has 0 fully saturated rings. The average molecular weight is 643 g/mol. The normalized spacial score (nSPS) is 12.5. The van der Waals surface area contributed by atoms with E-state index in [-0.39, 0.29) is 12.1 Å². The van der Waals surface area contributed by atoms with E-state index in [1.165, 1.54) is 88.4 Å². The molecule has 50 heavy (non-hydrogen) atoms. The molecule has 0 amide bonds. The van der Waals surface area contributed by atoms with Gasteiger partial charge in [-0.25, -0.2) is 4.98 Å². The fourth-order valence-electron chi connectivity index (χ4n) is 8.54. The van der Waals surface area contributed by atoms with Crippen molar-refractivity contribution < 1.29 is 0 Å². The van der Waals surface area contributed by atoms with Gasteiger partial charge >= 0.3 is 0 Å². The molecule has 240 valence electrons. The van der Waals surface area contributed by atoms with Gasteiger partial charge in [0.25, 0.3) is 0 Å². The summed E-state index contributed by atoms with van der Waals surface area (Å²) in [7, 11) is 0. The molecular formula is C47H39BN2. The lowest BCUT2D eigenvalue weighted by molar-refractivity contribution is 0.591. The Labute approximate surface area is 295 Å². The zero-order chi connectivity index (χ0) is 34.1. The highest BCUT2D eigenvalue weighted by Gasteiger charge is 2.43. The number of fused-ring (bicyclic) bond motifs is 4. The van der Waals surface area contributed by atoms with Gasteiger partial charge in [-0.2, -0.15) is 0 Å². The zero-order valence-corrected chi connectivity index (χ0v) is 29.3. The summed E-state index contributed by atoms with van der Waals surface area (Å²) >= 11 is 0. The molecule has 7 aromatic carbocycles. The van der Waals surface area contributed by atoms with Crippen molar-refractivity contribution in [3.63, 3.8) is 0 Å². The van der Waals surface area contributed by atoms with E-state index < -0.39 is 0 Å². The number of rotatable bonds is 3. The van der Waals surface area contributed by atoms with E-state index in [0.29, 0.717) is 0 Å². The van der Waals surface area contributed by atoms with Crippen LogP contribution < -0.4 is 16.4 Å². The van der Waals surface area contributed by atoms with Crippen LogP contribution in [0.2, 0.25) is 0 Å². The molecule has 0 radical (unpaired) electrons.